The van der Waals surface area contributed by atoms with Gasteiger partial charge in [-0.1, -0.05) is 48.5 Å². The molecule has 4 aromatic rings. The predicted molar refractivity (Wildman–Crippen MR) is 153 cm³/mol. The van der Waals surface area contributed by atoms with Crippen molar-refractivity contribution in [1.29, 1.82) is 0 Å². The number of benzene rings is 4. The molecule has 1 N–H and O–H groups in total. The fourth-order valence-electron chi connectivity index (χ4n) is 3.92. The van der Waals surface area contributed by atoms with Crippen molar-refractivity contribution >= 4 is 45.5 Å². The highest BCUT2D eigenvalue weighted by Gasteiger charge is 2.13. The molecular formula is C29H27IN2O5. The third-order valence-electron chi connectivity index (χ3n) is 5.72. The molecule has 0 unspecified atom stereocenters. The lowest BCUT2D eigenvalue weighted by Gasteiger charge is -2.14. The molecule has 0 aliphatic rings. The quantitative estimate of drug-likeness (QED) is 0.141. The van der Waals surface area contributed by atoms with Gasteiger partial charge in [0.2, 0.25) is 5.91 Å². The zero-order valence-electron chi connectivity index (χ0n) is 20.8. The van der Waals surface area contributed by atoms with Crippen molar-refractivity contribution in [2.24, 2.45) is 5.10 Å². The molecule has 1 amide bonds. The second-order valence-electron chi connectivity index (χ2n) is 8.12. The molecule has 4 rings (SSSR count). The minimum atomic E-state index is -0.250. The first kappa shape index (κ1) is 26.3. The second kappa shape index (κ2) is 12.4. The van der Waals surface area contributed by atoms with Crippen LogP contribution in [0.5, 0.6) is 23.0 Å². The number of methoxy groups -OCH3 is 3. The Morgan fingerprint density at radius 1 is 0.892 bits per heavy atom. The summed E-state index contributed by atoms with van der Waals surface area (Å²) in [5.74, 6) is 2.18. The van der Waals surface area contributed by atoms with Crippen LogP contribution in [0.1, 0.15) is 16.7 Å². The van der Waals surface area contributed by atoms with E-state index >= 15 is 0 Å². The number of ether oxygens (including phenoxy) is 4. The van der Waals surface area contributed by atoms with Crippen LogP contribution >= 0.6 is 22.6 Å². The van der Waals surface area contributed by atoms with Crippen molar-refractivity contribution in [2.45, 2.75) is 13.0 Å². The Morgan fingerprint density at radius 2 is 1.65 bits per heavy atom. The van der Waals surface area contributed by atoms with E-state index in [-0.39, 0.29) is 12.3 Å². The average molecular weight is 610 g/mol. The molecule has 4 aromatic carbocycles. The second-order valence-corrected chi connectivity index (χ2v) is 9.28. The van der Waals surface area contributed by atoms with Crippen LogP contribution in [-0.2, 0) is 17.8 Å². The van der Waals surface area contributed by atoms with Crippen LogP contribution in [0.2, 0.25) is 0 Å². The van der Waals surface area contributed by atoms with E-state index in [2.05, 4.69) is 57.4 Å². The highest BCUT2D eigenvalue weighted by atomic mass is 127. The minimum Gasteiger partial charge on any atom is -0.493 e. The summed E-state index contributed by atoms with van der Waals surface area (Å²) in [7, 11) is 4.72. The number of nitrogens with one attached hydrogen (secondary N) is 1. The summed E-state index contributed by atoms with van der Waals surface area (Å²) in [5.41, 5.74) is 5.22. The molecule has 0 bridgehead atoms. The van der Waals surface area contributed by atoms with Gasteiger partial charge >= 0.3 is 0 Å². The Balaban J connectivity index is 1.41. The van der Waals surface area contributed by atoms with E-state index in [1.165, 1.54) is 5.39 Å². The molecule has 0 aliphatic carbocycles. The Morgan fingerprint density at radius 3 is 2.43 bits per heavy atom. The van der Waals surface area contributed by atoms with Crippen LogP contribution < -0.4 is 24.4 Å². The van der Waals surface area contributed by atoms with E-state index in [9.17, 15) is 4.79 Å². The summed E-state index contributed by atoms with van der Waals surface area (Å²) in [6.07, 6.45) is 1.73. The lowest BCUT2D eigenvalue weighted by Crippen LogP contribution is -2.19. The van der Waals surface area contributed by atoms with Crippen molar-refractivity contribution in [3.63, 3.8) is 0 Å². The van der Waals surface area contributed by atoms with E-state index in [4.69, 9.17) is 18.9 Å². The molecule has 0 saturated carbocycles. The molecule has 0 heterocycles. The predicted octanol–water partition coefficient (Wildman–Crippen LogP) is 5.74. The molecule has 0 aromatic heterocycles. The number of hydrazone groups is 1. The van der Waals surface area contributed by atoms with Gasteiger partial charge in [-0.05, 0) is 74.3 Å². The number of fused-ring (bicyclic) bond motifs is 1. The largest absolute Gasteiger partial charge is 0.493 e. The van der Waals surface area contributed by atoms with Crippen LogP contribution in [0.25, 0.3) is 10.8 Å². The molecule has 0 saturated heterocycles. The summed E-state index contributed by atoms with van der Waals surface area (Å²) < 4.78 is 23.2. The number of rotatable bonds is 10. The SMILES string of the molecule is COc1ccc(CC(=O)N/N=C/c2cc(I)c(OCc3cccc4ccccc34)c(OC)c2)cc1OC. The zero-order valence-corrected chi connectivity index (χ0v) is 22.9. The smallest absolute Gasteiger partial charge is 0.244 e. The van der Waals surface area contributed by atoms with E-state index in [0.29, 0.717) is 29.6 Å². The maximum absolute atomic E-state index is 12.4. The molecule has 0 fully saturated rings. The fraction of sp³-hybridized carbons (Fsp3) is 0.172. The van der Waals surface area contributed by atoms with Crippen LogP contribution in [0, 0.1) is 3.57 Å². The molecular weight excluding hydrogens is 583 g/mol. The van der Waals surface area contributed by atoms with Gasteiger partial charge in [0.05, 0.1) is 37.5 Å². The van der Waals surface area contributed by atoms with Crippen molar-refractivity contribution in [1.82, 2.24) is 5.43 Å². The molecule has 190 valence electrons. The van der Waals surface area contributed by atoms with Crippen molar-refractivity contribution < 1.29 is 23.7 Å². The number of hydrogen-bond donors (Lipinski definition) is 1. The maximum Gasteiger partial charge on any atom is 0.244 e. The first-order valence-corrected chi connectivity index (χ1v) is 12.6. The van der Waals surface area contributed by atoms with E-state index in [0.717, 1.165) is 25.6 Å². The molecule has 0 radical (unpaired) electrons. The maximum atomic E-state index is 12.4. The fourth-order valence-corrected chi connectivity index (χ4v) is 4.70. The summed E-state index contributed by atoms with van der Waals surface area (Å²) in [4.78, 5) is 12.4. The van der Waals surface area contributed by atoms with E-state index in [1.807, 2.05) is 36.4 Å². The minimum absolute atomic E-state index is 0.152. The van der Waals surface area contributed by atoms with Gasteiger partial charge in [-0.25, -0.2) is 5.43 Å². The van der Waals surface area contributed by atoms with Crippen LogP contribution in [0.4, 0.5) is 0 Å². The van der Waals surface area contributed by atoms with Gasteiger partial charge in [-0.15, -0.1) is 0 Å². The Bertz CT molecular complexity index is 1430. The third-order valence-corrected chi connectivity index (χ3v) is 6.52. The molecule has 0 aliphatic heterocycles. The van der Waals surface area contributed by atoms with Crippen molar-refractivity contribution in [3.8, 4) is 23.0 Å². The Kier molecular flexibility index (Phi) is 8.84. The van der Waals surface area contributed by atoms with Crippen LogP contribution in [0.15, 0.2) is 77.9 Å². The summed E-state index contributed by atoms with van der Waals surface area (Å²) in [6.45, 7) is 0.410. The Labute approximate surface area is 229 Å². The van der Waals surface area contributed by atoms with Gasteiger partial charge in [0.25, 0.3) is 0 Å². The lowest BCUT2D eigenvalue weighted by molar-refractivity contribution is -0.120. The van der Waals surface area contributed by atoms with Gasteiger partial charge in [-0.3, -0.25) is 4.79 Å². The van der Waals surface area contributed by atoms with E-state index in [1.54, 1.807) is 39.7 Å². The number of hydrogen-bond acceptors (Lipinski definition) is 6. The number of nitrogens with zero attached hydrogens (tertiary/aromatic N) is 1. The first-order chi connectivity index (χ1) is 18.0. The molecule has 8 heteroatoms. The number of halogens is 1. The van der Waals surface area contributed by atoms with Gasteiger partial charge < -0.3 is 18.9 Å². The standard InChI is InChI=1S/C29H27IN2O5/c1-34-25-12-11-19(14-26(25)35-2)16-28(33)32-31-17-20-13-24(30)29(27(15-20)36-3)37-18-22-9-6-8-21-7-4-5-10-23(21)22/h4-15,17H,16,18H2,1-3H3,(H,32,33)/b31-17+. The third kappa shape index (κ3) is 6.51. The highest BCUT2D eigenvalue weighted by molar-refractivity contribution is 14.1. The monoisotopic (exact) mass is 610 g/mol. The molecule has 37 heavy (non-hydrogen) atoms. The van der Waals surface area contributed by atoms with Crippen LogP contribution in [-0.4, -0.2) is 33.5 Å². The number of amides is 1. The van der Waals surface area contributed by atoms with Gasteiger partial charge in [-0.2, -0.15) is 5.10 Å². The Hall–Kier alpha value is -3.79. The highest BCUT2D eigenvalue weighted by Crippen LogP contribution is 2.34. The molecule has 7 nitrogen and oxygen atoms in total. The topological polar surface area (TPSA) is 78.4 Å². The lowest BCUT2D eigenvalue weighted by atomic mass is 10.1. The zero-order chi connectivity index (χ0) is 26.2. The van der Waals surface area contributed by atoms with Crippen LogP contribution in [0.3, 0.4) is 0 Å². The average Bonchev–Trinajstić information content (AvgIpc) is 2.92. The van der Waals surface area contributed by atoms with Gasteiger partial charge in [0, 0.05) is 0 Å². The summed E-state index contributed by atoms with van der Waals surface area (Å²) >= 11 is 2.21. The van der Waals surface area contributed by atoms with Crippen molar-refractivity contribution in [3.05, 3.63) is 93.1 Å². The number of carbonyl (C=O) groups is 1. The molecule has 0 spiro atoms. The molecule has 0 atom stereocenters. The van der Waals surface area contributed by atoms with Gasteiger partial charge in [0.15, 0.2) is 23.0 Å². The van der Waals surface area contributed by atoms with Gasteiger partial charge in [0.1, 0.15) is 6.61 Å². The summed E-state index contributed by atoms with van der Waals surface area (Å²) in [6, 6.07) is 23.5. The summed E-state index contributed by atoms with van der Waals surface area (Å²) in [5, 5.41) is 6.44. The normalized spacial score (nSPS) is 10.9. The first-order valence-electron chi connectivity index (χ1n) is 11.5. The van der Waals surface area contributed by atoms with Crippen molar-refractivity contribution in [2.75, 3.05) is 21.3 Å². The number of carbonyl (C=O) groups excluding carboxylic acids is 1. The van der Waals surface area contributed by atoms with E-state index < -0.39 is 0 Å².